The van der Waals surface area contributed by atoms with Gasteiger partial charge in [0.2, 0.25) is 0 Å². The molecule has 154 valence electrons. The predicted octanol–water partition coefficient (Wildman–Crippen LogP) is 7.00. The first kappa shape index (κ1) is 24.2. The Hall–Kier alpha value is -1.82. The van der Waals surface area contributed by atoms with Gasteiger partial charge in [-0.2, -0.15) is 0 Å². The Bertz CT molecular complexity index is 813. The minimum Gasteiger partial charge on any atom is -0.103 e. The number of allylic oxidation sites excluding steroid dienone is 4. The van der Waals surface area contributed by atoms with Crippen LogP contribution < -0.4 is 10.4 Å². The van der Waals surface area contributed by atoms with Gasteiger partial charge in [0.05, 0.1) is 0 Å². The average Bonchev–Trinajstić information content (AvgIpc) is 2.64. The number of hydrogen-bond acceptors (Lipinski definition) is 0. The first-order chi connectivity index (χ1) is 13.2. The summed E-state index contributed by atoms with van der Waals surface area (Å²) in [5, 5.41) is 2.42. The van der Waals surface area contributed by atoms with Crippen molar-refractivity contribution in [2.75, 3.05) is 0 Å². The van der Waals surface area contributed by atoms with Gasteiger partial charge in [0.15, 0.2) is 0 Å². The Labute approximate surface area is 174 Å². The molecule has 0 aliphatic carbocycles. The lowest BCUT2D eigenvalue weighted by molar-refractivity contribution is 0.432. The molecule has 28 heavy (non-hydrogen) atoms. The highest BCUT2D eigenvalue weighted by Gasteiger charge is 2.18. The minimum absolute atomic E-state index is 0.206. The molecular formula is C28H42. The zero-order valence-electron chi connectivity index (χ0n) is 19.5. The van der Waals surface area contributed by atoms with Gasteiger partial charge in [-0.25, -0.2) is 0 Å². The molecule has 0 nitrogen and oxygen atoms in total. The van der Waals surface area contributed by atoms with Crippen LogP contribution in [-0.4, -0.2) is 0 Å². The van der Waals surface area contributed by atoms with Crippen molar-refractivity contribution >= 4 is 18.7 Å². The molecule has 1 aromatic carbocycles. The molecule has 0 bridgehead atoms. The third-order valence-electron chi connectivity index (χ3n) is 6.07. The SMILES string of the molecule is C=CCc1c/c(=C/C=C\C)c(=C)c(CCCC(C)C)c1/C=C(\C)C(C)(C)CC. The fourth-order valence-corrected chi connectivity index (χ4v) is 3.40. The summed E-state index contributed by atoms with van der Waals surface area (Å²) in [5.74, 6) is 0.735. The molecular weight excluding hydrogens is 336 g/mol. The van der Waals surface area contributed by atoms with Crippen LogP contribution in [0.3, 0.4) is 0 Å². The van der Waals surface area contributed by atoms with Gasteiger partial charge in [-0.05, 0) is 78.0 Å². The van der Waals surface area contributed by atoms with E-state index in [1.54, 1.807) is 0 Å². The molecule has 0 aliphatic rings. The van der Waals surface area contributed by atoms with Crippen molar-refractivity contribution in [3.05, 3.63) is 63.6 Å². The quantitative estimate of drug-likeness (QED) is 0.384. The highest BCUT2D eigenvalue weighted by atomic mass is 14.2. The lowest BCUT2D eigenvalue weighted by Gasteiger charge is -2.25. The van der Waals surface area contributed by atoms with Crippen LogP contribution in [0.1, 0.15) is 84.4 Å². The van der Waals surface area contributed by atoms with Crippen molar-refractivity contribution in [2.24, 2.45) is 11.3 Å². The summed E-state index contributed by atoms with van der Waals surface area (Å²) < 4.78 is 0. The van der Waals surface area contributed by atoms with Crippen LogP contribution in [0.4, 0.5) is 0 Å². The monoisotopic (exact) mass is 378 g/mol. The summed E-state index contributed by atoms with van der Waals surface area (Å²) in [4.78, 5) is 0. The van der Waals surface area contributed by atoms with Gasteiger partial charge in [0.25, 0.3) is 0 Å². The van der Waals surface area contributed by atoms with Crippen LogP contribution in [0.5, 0.6) is 0 Å². The Morgan fingerprint density at radius 2 is 1.93 bits per heavy atom. The maximum Gasteiger partial charge on any atom is -0.00939 e. The lowest BCUT2D eigenvalue weighted by Crippen LogP contribution is -2.30. The Morgan fingerprint density at radius 3 is 2.46 bits per heavy atom. The van der Waals surface area contributed by atoms with Crippen molar-refractivity contribution in [3.8, 4) is 0 Å². The summed E-state index contributed by atoms with van der Waals surface area (Å²) >= 11 is 0. The zero-order valence-corrected chi connectivity index (χ0v) is 19.5. The van der Waals surface area contributed by atoms with E-state index in [0.29, 0.717) is 0 Å². The molecule has 0 amide bonds. The van der Waals surface area contributed by atoms with Gasteiger partial charge in [0, 0.05) is 0 Å². The first-order valence-electron chi connectivity index (χ1n) is 10.9. The Kier molecular flexibility index (Phi) is 9.73. The summed E-state index contributed by atoms with van der Waals surface area (Å²) in [6.45, 7) is 24.4. The van der Waals surface area contributed by atoms with E-state index >= 15 is 0 Å². The molecule has 1 rings (SSSR count). The van der Waals surface area contributed by atoms with Crippen molar-refractivity contribution in [1.82, 2.24) is 0 Å². The highest BCUT2D eigenvalue weighted by Crippen LogP contribution is 2.32. The maximum atomic E-state index is 4.50. The fraction of sp³-hybridized carbons (Fsp3) is 0.500. The van der Waals surface area contributed by atoms with E-state index in [1.807, 2.05) is 6.08 Å². The maximum absolute atomic E-state index is 4.50. The molecule has 0 N–H and O–H groups in total. The zero-order chi connectivity index (χ0) is 21.3. The normalized spacial score (nSPS) is 13.7. The van der Waals surface area contributed by atoms with Crippen molar-refractivity contribution in [1.29, 1.82) is 0 Å². The molecule has 0 saturated heterocycles. The van der Waals surface area contributed by atoms with Crippen molar-refractivity contribution < 1.29 is 0 Å². The summed E-state index contributed by atoms with van der Waals surface area (Å²) in [7, 11) is 0. The topological polar surface area (TPSA) is 0 Å². The molecule has 0 aliphatic heterocycles. The van der Waals surface area contributed by atoms with Crippen LogP contribution >= 0.6 is 0 Å². The molecule has 0 spiro atoms. The fourth-order valence-electron chi connectivity index (χ4n) is 3.40. The third kappa shape index (κ3) is 6.66. The average molecular weight is 379 g/mol. The van der Waals surface area contributed by atoms with E-state index in [9.17, 15) is 0 Å². The van der Waals surface area contributed by atoms with Crippen LogP contribution in [0.25, 0.3) is 18.7 Å². The minimum atomic E-state index is 0.206. The number of hydrogen-bond donors (Lipinski definition) is 0. The molecule has 0 heterocycles. The molecule has 0 aromatic heterocycles. The smallest absolute Gasteiger partial charge is 0.00939 e. The van der Waals surface area contributed by atoms with Crippen molar-refractivity contribution in [2.45, 2.75) is 80.6 Å². The largest absolute Gasteiger partial charge is 0.103 e. The summed E-state index contributed by atoms with van der Waals surface area (Å²) in [6, 6.07) is 2.31. The molecule has 1 aromatic rings. The number of benzene rings is 1. The van der Waals surface area contributed by atoms with Gasteiger partial charge in [-0.15, -0.1) is 6.58 Å². The van der Waals surface area contributed by atoms with E-state index in [0.717, 1.165) is 25.2 Å². The molecule has 0 heteroatoms. The van der Waals surface area contributed by atoms with Gasteiger partial charge >= 0.3 is 0 Å². The van der Waals surface area contributed by atoms with E-state index in [-0.39, 0.29) is 5.41 Å². The van der Waals surface area contributed by atoms with Gasteiger partial charge < -0.3 is 0 Å². The standard InChI is InChI=1S/C28H42/c1-10-13-17-24-20-25(15-11-2)27(19-22(6)28(8,9)12-3)26(23(24)7)18-14-16-21(4)5/h10-11,13,17,19-21H,2,7,12,14-16,18H2,1,3-6,8-9H3/b13-10-,22-19+,24-17-. The second-order valence-corrected chi connectivity index (χ2v) is 9.03. The lowest BCUT2D eigenvalue weighted by atomic mass is 9.80. The third-order valence-corrected chi connectivity index (χ3v) is 6.07. The molecule has 0 unspecified atom stereocenters. The first-order valence-corrected chi connectivity index (χ1v) is 10.9. The molecule has 0 fully saturated rings. The number of rotatable bonds is 10. The van der Waals surface area contributed by atoms with E-state index in [2.05, 4.69) is 92.0 Å². The van der Waals surface area contributed by atoms with Crippen LogP contribution in [-0.2, 0) is 12.8 Å². The second-order valence-electron chi connectivity index (χ2n) is 9.03. The van der Waals surface area contributed by atoms with Crippen LogP contribution in [0.15, 0.2) is 36.4 Å². The molecule has 0 saturated carbocycles. The summed E-state index contributed by atoms with van der Waals surface area (Å²) in [5.41, 5.74) is 5.81. The Balaban J connectivity index is 3.72. The summed E-state index contributed by atoms with van der Waals surface area (Å²) in [6.07, 6.45) is 16.4. The molecule has 0 radical (unpaired) electrons. The highest BCUT2D eigenvalue weighted by molar-refractivity contribution is 5.63. The van der Waals surface area contributed by atoms with E-state index in [1.165, 1.54) is 45.5 Å². The van der Waals surface area contributed by atoms with Gasteiger partial charge in [-0.1, -0.05) is 89.6 Å². The van der Waals surface area contributed by atoms with Crippen molar-refractivity contribution in [3.63, 3.8) is 0 Å². The van der Waals surface area contributed by atoms with Crippen LogP contribution in [0, 0.1) is 11.3 Å². The van der Waals surface area contributed by atoms with Gasteiger partial charge in [-0.3, -0.25) is 0 Å². The van der Waals surface area contributed by atoms with E-state index in [4.69, 9.17) is 0 Å². The van der Waals surface area contributed by atoms with E-state index < -0.39 is 0 Å². The van der Waals surface area contributed by atoms with Crippen LogP contribution in [0.2, 0.25) is 0 Å². The predicted molar refractivity (Wildman–Crippen MR) is 130 cm³/mol. The second kappa shape index (κ2) is 11.2. The molecule has 0 atom stereocenters. The Morgan fingerprint density at radius 1 is 1.25 bits per heavy atom. The van der Waals surface area contributed by atoms with Gasteiger partial charge in [0.1, 0.15) is 0 Å².